The van der Waals surface area contributed by atoms with Crippen molar-refractivity contribution in [1.29, 1.82) is 0 Å². The third kappa shape index (κ3) is 3.00. The van der Waals surface area contributed by atoms with Crippen LogP contribution in [0.25, 0.3) is 0 Å². The summed E-state index contributed by atoms with van der Waals surface area (Å²) in [5.74, 6) is 0. The molecule has 1 fully saturated rings. The zero-order chi connectivity index (χ0) is 19.1. The Morgan fingerprint density at radius 3 is 2.21 bits per heavy atom. The van der Waals surface area contributed by atoms with E-state index in [9.17, 15) is 0 Å². The minimum atomic E-state index is 0.0802. The van der Waals surface area contributed by atoms with Gasteiger partial charge in [0.2, 0.25) is 0 Å². The highest BCUT2D eigenvalue weighted by Crippen LogP contribution is 2.51. The van der Waals surface area contributed by atoms with E-state index in [1.165, 1.54) is 22.4 Å². The van der Waals surface area contributed by atoms with Crippen molar-refractivity contribution in [1.82, 2.24) is 5.32 Å². The zero-order valence-electron chi connectivity index (χ0n) is 15.5. The van der Waals surface area contributed by atoms with Crippen LogP contribution in [0, 0.1) is 0 Å². The summed E-state index contributed by atoms with van der Waals surface area (Å²) < 4.78 is 0. The van der Waals surface area contributed by atoms with Crippen molar-refractivity contribution in [2.24, 2.45) is 0 Å². The van der Waals surface area contributed by atoms with Crippen LogP contribution in [-0.4, -0.2) is 12.7 Å². The molecule has 1 N–H and O–H groups in total. The van der Waals surface area contributed by atoms with Crippen LogP contribution in [0.1, 0.15) is 23.1 Å². The lowest BCUT2D eigenvalue weighted by molar-refractivity contribution is 0.380. The molecular weight excluding hydrogens is 387 g/mol. The fourth-order valence-electron chi connectivity index (χ4n) is 4.95. The molecule has 0 bridgehead atoms. The molecule has 5 rings (SSSR count). The van der Waals surface area contributed by atoms with Crippen molar-refractivity contribution >= 4 is 28.9 Å². The minimum absolute atomic E-state index is 0.0802. The van der Waals surface area contributed by atoms with E-state index >= 15 is 0 Å². The number of rotatable bonds is 4. The number of hydrogen-bond donors (Lipinski definition) is 1. The third-order valence-corrected chi connectivity index (χ3v) is 6.70. The van der Waals surface area contributed by atoms with Gasteiger partial charge in [-0.1, -0.05) is 65.7 Å². The van der Waals surface area contributed by atoms with E-state index in [1.54, 1.807) is 0 Å². The minimum Gasteiger partial charge on any atom is -0.350 e. The van der Waals surface area contributed by atoms with Crippen molar-refractivity contribution < 1.29 is 0 Å². The second-order valence-electron chi connectivity index (χ2n) is 7.84. The molecule has 3 aromatic carbocycles. The normalized spacial score (nSPS) is 22.9. The Morgan fingerprint density at radius 1 is 0.857 bits per heavy atom. The highest BCUT2D eigenvalue weighted by atomic mass is 35.5. The molecule has 2 atom stereocenters. The molecule has 4 heteroatoms. The predicted molar refractivity (Wildman–Crippen MR) is 117 cm³/mol. The van der Waals surface area contributed by atoms with Crippen LogP contribution in [0.5, 0.6) is 0 Å². The average Bonchev–Trinajstić information content (AvgIpc) is 3.23. The van der Waals surface area contributed by atoms with Crippen molar-refractivity contribution in [2.45, 2.75) is 31.0 Å². The van der Waals surface area contributed by atoms with Gasteiger partial charge in [0.15, 0.2) is 0 Å². The molecular formula is C24H22Cl2N2. The Hall–Kier alpha value is -2.00. The van der Waals surface area contributed by atoms with Crippen molar-refractivity contribution in [3.05, 3.63) is 99.5 Å². The molecule has 0 aromatic heterocycles. The first-order chi connectivity index (χ1) is 13.7. The van der Waals surface area contributed by atoms with Crippen molar-refractivity contribution in [3.8, 4) is 0 Å². The summed E-state index contributed by atoms with van der Waals surface area (Å²) in [6.45, 7) is 1.90. The highest BCUT2D eigenvalue weighted by Gasteiger charge is 2.53. The zero-order valence-corrected chi connectivity index (χ0v) is 17.0. The number of nitrogens with zero attached hydrogens (tertiary/aromatic N) is 1. The molecule has 2 nitrogen and oxygen atoms in total. The molecule has 142 valence electrons. The number of para-hydroxylation sites is 1. The lowest BCUT2D eigenvalue weighted by Crippen LogP contribution is -2.48. The number of nitrogens with one attached hydrogen (secondary N) is 1. The van der Waals surface area contributed by atoms with Crippen LogP contribution in [0.3, 0.4) is 0 Å². The Morgan fingerprint density at radius 2 is 1.50 bits per heavy atom. The van der Waals surface area contributed by atoms with E-state index in [2.05, 4.69) is 58.7 Å². The van der Waals surface area contributed by atoms with E-state index in [4.69, 9.17) is 23.2 Å². The van der Waals surface area contributed by atoms with E-state index in [-0.39, 0.29) is 11.6 Å². The van der Waals surface area contributed by atoms with Gasteiger partial charge in [0.05, 0.1) is 6.17 Å². The molecule has 2 unspecified atom stereocenters. The predicted octanol–water partition coefficient (Wildman–Crippen LogP) is 5.81. The quantitative estimate of drug-likeness (QED) is 0.585. The summed E-state index contributed by atoms with van der Waals surface area (Å²) >= 11 is 12.2. The maximum atomic E-state index is 6.11. The molecule has 0 amide bonds. The van der Waals surface area contributed by atoms with Crippen LogP contribution in [0.15, 0.2) is 72.8 Å². The number of benzene rings is 3. The topological polar surface area (TPSA) is 15.3 Å². The van der Waals surface area contributed by atoms with E-state index < -0.39 is 0 Å². The molecule has 2 aliphatic heterocycles. The fourth-order valence-corrected chi connectivity index (χ4v) is 5.20. The van der Waals surface area contributed by atoms with E-state index in [1.807, 2.05) is 24.3 Å². The fraction of sp³-hybridized carbons (Fsp3) is 0.250. The van der Waals surface area contributed by atoms with Gasteiger partial charge in [0, 0.05) is 27.7 Å². The molecule has 0 saturated carbocycles. The monoisotopic (exact) mass is 408 g/mol. The Labute approximate surface area is 176 Å². The van der Waals surface area contributed by atoms with Gasteiger partial charge in [-0.3, -0.25) is 5.32 Å². The molecule has 0 radical (unpaired) electrons. The SMILES string of the molecule is Clc1ccc(CN2c3ccccc3C3(Cc4ccc(Cl)cc4)CCNC23)cc1. The maximum absolute atomic E-state index is 6.11. The van der Waals surface area contributed by atoms with Crippen LogP contribution in [0.4, 0.5) is 5.69 Å². The van der Waals surface area contributed by atoms with E-state index in [0.717, 1.165) is 36.0 Å². The van der Waals surface area contributed by atoms with Crippen LogP contribution in [-0.2, 0) is 18.4 Å². The van der Waals surface area contributed by atoms with Crippen molar-refractivity contribution in [2.75, 3.05) is 11.4 Å². The molecule has 3 aromatic rings. The standard InChI is InChI=1S/C24H22Cl2N2/c25-19-9-5-17(6-10-19)15-24-13-14-27-23(24)28(22-4-2-1-3-21(22)24)16-18-7-11-20(26)12-8-18/h1-12,23,27H,13-16H2. The number of hydrogen-bond acceptors (Lipinski definition) is 2. The van der Waals surface area contributed by atoms with Gasteiger partial charge in [-0.2, -0.15) is 0 Å². The number of fused-ring (bicyclic) bond motifs is 3. The van der Waals surface area contributed by atoms with Gasteiger partial charge in [0.1, 0.15) is 0 Å². The first kappa shape index (κ1) is 18.1. The summed E-state index contributed by atoms with van der Waals surface area (Å²) in [6, 6.07) is 25.4. The lowest BCUT2D eigenvalue weighted by atomic mass is 9.74. The summed E-state index contributed by atoms with van der Waals surface area (Å²) in [5, 5.41) is 5.36. The number of halogens is 2. The Bertz CT molecular complexity index is 984. The Balaban J connectivity index is 1.54. The summed E-state index contributed by atoms with van der Waals surface area (Å²) in [7, 11) is 0. The second-order valence-corrected chi connectivity index (χ2v) is 8.71. The molecule has 0 spiro atoms. The van der Waals surface area contributed by atoms with Crippen LogP contribution in [0.2, 0.25) is 10.0 Å². The van der Waals surface area contributed by atoms with Crippen LogP contribution >= 0.6 is 23.2 Å². The maximum Gasteiger partial charge on any atom is 0.0902 e. The molecule has 2 aliphatic rings. The smallest absolute Gasteiger partial charge is 0.0902 e. The van der Waals surface area contributed by atoms with Gasteiger partial charge in [-0.15, -0.1) is 0 Å². The number of anilines is 1. The second kappa shape index (κ2) is 7.11. The summed E-state index contributed by atoms with van der Waals surface area (Å²) in [4.78, 5) is 2.53. The van der Waals surface area contributed by atoms with Gasteiger partial charge in [-0.25, -0.2) is 0 Å². The van der Waals surface area contributed by atoms with Gasteiger partial charge >= 0.3 is 0 Å². The molecule has 28 heavy (non-hydrogen) atoms. The Kier molecular flexibility index (Phi) is 4.59. The third-order valence-electron chi connectivity index (χ3n) is 6.19. The molecule has 1 saturated heterocycles. The van der Waals surface area contributed by atoms with Gasteiger partial charge in [0.25, 0.3) is 0 Å². The summed E-state index contributed by atoms with van der Waals surface area (Å²) in [6.07, 6.45) is 2.43. The van der Waals surface area contributed by atoms with Gasteiger partial charge in [-0.05, 0) is 66.4 Å². The van der Waals surface area contributed by atoms with Gasteiger partial charge < -0.3 is 4.90 Å². The summed E-state index contributed by atoms with van der Waals surface area (Å²) in [5.41, 5.74) is 5.48. The average molecular weight is 409 g/mol. The molecule has 0 aliphatic carbocycles. The van der Waals surface area contributed by atoms with Crippen molar-refractivity contribution in [3.63, 3.8) is 0 Å². The lowest BCUT2D eigenvalue weighted by Gasteiger charge is -2.34. The first-order valence-electron chi connectivity index (χ1n) is 9.74. The highest BCUT2D eigenvalue weighted by molar-refractivity contribution is 6.30. The van der Waals surface area contributed by atoms with Crippen LogP contribution < -0.4 is 10.2 Å². The molecule has 2 heterocycles. The largest absolute Gasteiger partial charge is 0.350 e. The van der Waals surface area contributed by atoms with E-state index in [0.29, 0.717) is 0 Å². The first-order valence-corrected chi connectivity index (χ1v) is 10.5.